The number of carbonyl (C=O) groups is 1. The summed E-state index contributed by atoms with van der Waals surface area (Å²) in [6.45, 7) is 0.368. The number of rotatable bonds is 6. The zero-order valence-corrected chi connectivity index (χ0v) is 15.0. The Morgan fingerprint density at radius 3 is 2.43 bits per heavy atom. The lowest BCUT2D eigenvalue weighted by atomic mass is 10.1. The number of amides is 1. The Bertz CT molecular complexity index is 1050. The minimum atomic E-state index is -0.153. The standard InChI is InChI=1S/C22H18N4O2/c27-22(17-10-12-19(13-11-17)26-16-23-15-25-26)24-14-18-6-4-5-9-21(18)28-20-7-2-1-3-8-20/h1-13,15-16H,14H2,(H,24,27). The van der Waals surface area contributed by atoms with Crippen molar-refractivity contribution in [1.29, 1.82) is 0 Å². The smallest absolute Gasteiger partial charge is 0.251 e. The average molecular weight is 370 g/mol. The van der Waals surface area contributed by atoms with E-state index in [4.69, 9.17) is 4.74 Å². The summed E-state index contributed by atoms with van der Waals surface area (Å²) in [6, 6.07) is 24.4. The van der Waals surface area contributed by atoms with Crippen LogP contribution < -0.4 is 10.1 Å². The molecule has 6 nitrogen and oxygen atoms in total. The van der Waals surface area contributed by atoms with Crippen molar-refractivity contribution in [2.24, 2.45) is 0 Å². The van der Waals surface area contributed by atoms with Crippen LogP contribution in [0.4, 0.5) is 0 Å². The third kappa shape index (κ3) is 4.07. The van der Waals surface area contributed by atoms with Crippen LogP contribution >= 0.6 is 0 Å². The van der Waals surface area contributed by atoms with Crippen molar-refractivity contribution in [3.63, 3.8) is 0 Å². The van der Waals surface area contributed by atoms with Crippen LogP contribution in [0.5, 0.6) is 11.5 Å². The van der Waals surface area contributed by atoms with Crippen molar-refractivity contribution in [2.75, 3.05) is 0 Å². The van der Waals surface area contributed by atoms with Crippen molar-refractivity contribution in [1.82, 2.24) is 20.1 Å². The minimum absolute atomic E-state index is 0.153. The second-order valence-electron chi connectivity index (χ2n) is 6.09. The molecule has 1 N–H and O–H groups in total. The lowest BCUT2D eigenvalue weighted by Crippen LogP contribution is -2.23. The SMILES string of the molecule is O=C(NCc1ccccc1Oc1ccccc1)c1ccc(-n2cncn2)cc1. The average Bonchev–Trinajstić information content (AvgIpc) is 3.29. The summed E-state index contributed by atoms with van der Waals surface area (Å²) in [5, 5.41) is 7.01. The monoisotopic (exact) mass is 370 g/mol. The van der Waals surface area contributed by atoms with Gasteiger partial charge in [-0.15, -0.1) is 0 Å². The molecule has 1 heterocycles. The number of benzene rings is 3. The molecule has 0 fully saturated rings. The Labute approximate surface area is 162 Å². The summed E-state index contributed by atoms with van der Waals surface area (Å²) in [5.41, 5.74) is 2.32. The lowest BCUT2D eigenvalue weighted by Gasteiger charge is -2.12. The molecule has 1 amide bonds. The molecule has 0 radical (unpaired) electrons. The first kappa shape index (κ1) is 17.5. The predicted octanol–water partition coefficient (Wildman–Crippen LogP) is 3.99. The number of nitrogens with zero attached hydrogens (tertiary/aromatic N) is 3. The summed E-state index contributed by atoms with van der Waals surface area (Å²) in [5.74, 6) is 1.32. The van der Waals surface area contributed by atoms with E-state index in [9.17, 15) is 4.79 Å². The maximum absolute atomic E-state index is 12.5. The van der Waals surface area contributed by atoms with Crippen LogP contribution in [0.1, 0.15) is 15.9 Å². The molecule has 0 unspecified atom stereocenters. The minimum Gasteiger partial charge on any atom is -0.457 e. The highest BCUT2D eigenvalue weighted by molar-refractivity contribution is 5.94. The molecule has 0 spiro atoms. The Hall–Kier alpha value is -3.93. The fourth-order valence-corrected chi connectivity index (χ4v) is 2.75. The number of para-hydroxylation sites is 2. The number of hydrogen-bond acceptors (Lipinski definition) is 4. The summed E-state index contributed by atoms with van der Waals surface area (Å²) in [7, 11) is 0. The Kier molecular flexibility index (Phi) is 5.11. The van der Waals surface area contributed by atoms with Crippen molar-refractivity contribution >= 4 is 5.91 Å². The van der Waals surface area contributed by atoms with E-state index in [0.29, 0.717) is 12.1 Å². The van der Waals surface area contributed by atoms with Gasteiger partial charge in [0.05, 0.1) is 5.69 Å². The van der Waals surface area contributed by atoms with Crippen LogP contribution in [0, 0.1) is 0 Å². The molecule has 0 aliphatic carbocycles. The summed E-state index contributed by atoms with van der Waals surface area (Å²) in [4.78, 5) is 16.4. The molecule has 4 rings (SSSR count). The van der Waals surface area contributed by atoms with Gasteiger partial charge in [0.1, 0.15) is 24.2 Å². The number of hydrogen-bond donors (Lipinski definition) is 1. The van der Waals surface area contributed by atoms with Crippen molar-refractivity contribution in [2.45, 2.75) is 6.54 Å². The first-order valence-corrected chi connectivity index (χ1v) is 8.84. The molecular formula is C22H18N4O2. The van der Waals surface area contributed by atoms with Crippen LogP contribution in [0.25, 0.3) is 5.69 Å². The largest absolute Gasteiger partial charge is 0.457 e. The van der Waals surface area contributed by atoms with Gasteiger partial charge in [0.25, 0.3) is 5.91 Å². The van der Waals surface area contributed by atoms with Gasteiger partial charge in [-0.3, -0.25) is 4.79 Å². The summed E-state index contributed by atoms with van der Waals surface area (Å²) in [6.07, 6.45) is 3.08. The van der Waals surface area contributed by atoms with Crippen molar-refractivity contribution in [3.05, 3.63) is 103 Å². The maximum Gasteiger partial charge on any atom is 0.251 e. The molecule has 28 heavy (non-hydrogen) atoms. The van der Waals surface area contributed by atoms with E-state index in [1.54, 1.807) is 23.1 Å². The normalized spacial score (nSPS) is 10.4. The Balaban J connectivity index is 1.42. The molecule has 0 atom stereocenters. The molecule has 0 aliphatic heterocycles. The number of nitrogens with one attached hydrogen (secondary N) is 1. The second-order valence-corrected chi connectivity index (χ2v) is 6.09. The molecule has 0 saturated carbocycles. The molecule has 3 aromatic carbocycles. The van der Waals surface area contributed by atoms with E-state index in [2.05, 4.69) is 15.4 Å². The van der Waals surface area contributed by atoms with Crippen LogP contribution in [-0.2, 0) is 6.54 Å². The van der Waals surface area contributed by atoms with E-state index < -0.39 is 0 Å². The summed E-state index contributed by atoms with van der Waals surface area (Å²) >= 11 is 0. The molecule has 4 aromatic rings. The van der Waals surface area contributed by atoms with Gasteiger partial charge >= 0.3 is 0 Å². The van der Waals surface area contributed by atoms with Gasteiger partial charge in [0, 0.05) is 17.7 Å². The first-order chi connectivity index (χ1) is 13.8. The third-order valence-electron chi connectivity index (χ3n) is 4.20. The predicted molar refractivity (Wildman–Crippen MR) is 105 cm³/mol. The van der Waals surface area contributed by atoms with E-state index in [-0.39, 0.29) is 5.91 Å². The molecular weight excluding hydrogens is 352 g/mol. The maximum atomic E-state index is 12.5. The molecule has 0 bridgehead atoms. The first-order valence-electron chi connectivity index (χ1n) is 8.84. The van der Waals surface area contributed by atoms with Crippen LogP contribution in [0.3, 0.4) is 0 Å². The summed E-state index contributed by atoms with van der Waals surface area (Å²) < 4.78 is 7.58. The zero-order valence-electron chi connectivity index (χ0n) is 15.0. The van der Waals surface area contributed by atoms with E-state index in [1.165, 1.54) is 6.33 Å². The number of aromatic nitrogens is 3. The molecule has 0 aliphatic rings. The molecule has 6 heteroatoms. The highest BCUT2D eigenvalue weighted by Crippen LogP contribution is 2.25. The second kappa shape index (κ2) is 8.18. The quantitative estimate of drug-likeness (QED) is 0.557. The number of ether oxygens (including phenoxy) is 1. The lowest BCUT2D eigenvalue weighted by molar-refractivity contribution is 0.0951. The van der Waals surface area contributed by atoms with E-state index in [0.717, 1.165) is 22.7 Å². The van der Waals surface area contributed by atoms with Gasteiger partial charge in [-0.25, -0.2) is 9.67 Å². The van der Waals surface area contributed by atoms with E-state index in [1.807, 2.05) is 66.7 Å². The van der Waals surface area contributed by atoms with Gasteiger partial charge in [-0.05, 0) is 42.5 Å². The highest BCUT2D eigenvalue weighted by Gasteiger charge is 2.09. The zero-order chi connectivity index (χ0) is 19.2. The molecule has 138 valence electrons. The fourth-order valence-electron chi connectivity index (χ4n) is 2.75. The van der Waals surface area contributed by atoms with E-state index >= 15 is 0 Å². The highest BCUT2D eigenvalue weighted by atomic mass is 16.5. The van der Waals surface area contributed by atoms with Gasteiger partial charge < -0.3 is 10.1 Å². The van der Waals surface area contributed by atoms with Gasteiger partial charge in [-0.1, -0.05) is 36.4 Å². The molecule has 1 aromatic heterocycles. The van der Waals surface area contributed by atoms with Gasteiger partial charge in [0.15, 0.2) is 0 Å². The van der Waals surface area contributed by atoms with Crippen LogP contribution in [0.15, 0.2) is 91.5 Å². The fraction of sp³-hybridized carbons (Fsp3) is 0.0455. The number of carbonyl (C=O) groups excluding carboxylic acids is 1. The van der Waals surface area contributed by atoms with Crippen molar-refractivity contribution < 1.29 is 9.53 Å². The van der Waals surface area contributed by atoms with Crippen molar-refractivity contribution in [3.8, 4) is 17.2 Å². The van der Waals surface area contributed by atoms with Gasteiger partial charge in [0.2, 0.25) is 0 Å². The van der Waals surface area contributed by atoms with Crippen LogP contribution in [0.2, 0.25) is 0 Å². The third-order valence-corrected chi connectivity index (χ3v) is 4.20. The molecule has 0 saturated heterocycles. The van der Waals surface area contributed by atoms with Gasteiger partial charge in [-0.2, -0.15) is 5.10 Å². The topological polar surface area (TPSA) is 69.0 Å². The Morgan fingerprint density at radius 1 is 0.929 bits per heavy atom. The van der Waals surface area contributed by atoms with Crippen LogP contribution in [-0.4, -0.2) is 20.7 Å². The Morgan fingerprint density at radius 2 is 1.68 bits per heavy atom.